The summed E-state index contributed by atoms with van der Waals surface area (Å²) in [6.45, 7) is 15.0. The molecule has 0 unspecified atom stereocenters. The van der Waals surface area contributed by atoms with Crippen LogP contribution in [0.5, 0.6) is 0 Å². The fourth-order valence-corrected chi connectivity index (χ4v) is 0.416. The maximum absolute atomic E-state index is 3.67. The van der Waals surface area contributed by atoms with Gasteiger partial charge in [-0.05, 0) is 12.2 Å². The SMILES string of the molecule is C=CC(=C)NCNC(=C)C=C. The summed E-state index contributed by atoms with van der Waals surface area (Å²) in [5.41, 5.74) is 1.57. The Bertz CT molecular complexity index is 160. The minimum atomic E-state index is 0.593. The summed E-state index contributed by atoms with van der Waals surface area (Å²) < 4.78 is 0. The highest BCUT2D eigenvalue weighted by atomic mass is 15.1. The standard InChI is InChI=1S/C9H14N2/c1-5-8(3)10-7-11-9(4)6-2/h5-6,10-11H,1-4,7H2. The summed E-state index contributed by atoms with van der Waals surface area (Å²) in [7, 11) is 0. The Morgan fingerprint density at radius 1 is 1.00 bits per heavy atom. The number of hydrogen-bond acceptors (Lipinski definition) is 2. The highest BCUT2D eigenvalue weighted by molar-refractivity contribution is 5.10. The van der Waals surface area contributed by atoms with E-state index in [0.29, 0.717) is 6.67 Å². The van der Waals surface area contributed by atoms with Crippen LogP contribution in [-0.2, 0) is 0 Å². The van der Waals surface area contributed by atoms with Crippen molar-refractivity contribution < 1.29 is 0 Å². The van der Waals surface area contributed by atoms with Crippen LogP contribution in [0.1, 0.15) is 0 Å². The molecule has 0 aliphatic carbocycles. The number of nitrogens with one attached hydrogen (secondary N) is 2. The van der Waals surface area contributed by atoms with E-state index in [1.165, 1.54) is 0 Å². The van der Waals surface area contributed by atoms with Crippen LogP contribution < -0.4 is 10.6 Å². The lowest BCUT2D eigenvalue weighted by Gasteiger charge is -2.07. The van der Waals surface area contributed by atoms with Gasteiger partial charge in [0.05, 0.1) is 6.67 Å². The maximum atomic E-state index is 3.67. The van der Waals surface area contributed by atoms with Crippen molar-refractivity contribution in [3.63, 3.8) is 0 Å². The Kier molecular flexibility index (Phi) is 4.65. The van der Waals surface area contributed by atoms with Crippen LogP contribution in [-0.4, -0.2) is 6.67 Å². The van der Waals surface area contributed by atoms with Crippen LogP contribution >= 0.6 is 0 Å². The highest BCUT2D eigenvalue weighted by Crippen LogP contribution is 1.83. The van der Waals surface area contributed by atoms with Crippen molar-refractivity contribution in [3.05, 3.63) is 49.9 Å². The van der Waals surface area contributed by atoms with Gasteiger partial charge in [-0.15, -0.1) is 0 Å². The van der Waals surface area contributed by atoms with Crippen LogP contribution in [0.3, 0.4) is 0 Å². The molecule has 0 aliphatic heterocycles. The quantitative estimate of drug-likeness (QED) is 0.443. The zero-order valence-corrected chi connectivity index (χ0v) is 6.69. The first-order valence-electron chi connectivity index (χ1n) is 3.31. The summed E-state index contributed by atoms with van der Waals surface area (Å²) in [4.78, 5) is 0. The molecule has 0 bridgehead atoms. The lowest BCUT2D eigenvalue weighted by atomic mass is 10.4. The van der Waals surface area contributed by atoms with Crippen molar-refractivity contribution in [2.24, 2.45) is 0 Å². The molecule has 2 N–H and O–H groups in total. The molecule has 0 spiro atoms. The Morgan fingerprint density at radius 3 is 1.64 bits per heavy atom. The minimum Gasteiger partial charge on any atom is -0.368 e. The van der Waals surface area contributed by atoms with Crippen LogP contribution in [0.25, 0.3) is 0 Å². The molecule has 0 aromatic heterocycles. The molecule has 0 saturated carbocycles. The van der Waals surface area contributed by atoms with E-state index < -0.39 is 0 Å². The Balaban J connectivity index is 3.41. The molecule has 0 radical (unpaired) electrons. The normalized spacial score (nSPS) is 8.00. The Morgan fingerprint density at radius 2 is 1.36 bits per heavy atom. The first-order chi connectivity index (χ1) is 5.20. The van der Waals surface area contributed by atoms with Crippen molar-refractivity contribution >= 4 is 0 Å². The zero-order chi connectivity index (χ0) is 8.69. The molecule has 0 rings (SSSR count). The second kappa shape index (κ2) is 5.35. The first kappa shape index (κ1) is 9.56. The number of hydrogen-bond donors (Lipinski definition) is 2. The van der Waals surface area contributed by atoms with Crippen molar-refractivity contribution in [1.82, 2.24) is 10.6 Å². The summed E-state index contributed by atoms with van der Waals surface area (Å²) >= 11 is 0. The predicted molar refractivity (Wildman–Crippen MR) is 49.8 cm³/mol. The Hall–Kier alpha value is -1.44. The molecule has 60 valence electrons. The van der Waals surface area contributed by atoms with Crippen LogP contribution in [0, 0.1) is 0 Å². The van der Waals surface area contributed by atoms with E-state index in [1.807, 2.05) is 0 Å². The highest BCUT2D eigenvalue weighted by Gasteiger charge is 1.85. The van der Waals surface area contributed by atoms with Gasteiger partial charge in [0, 0.05) is 11.4 Å². The molecule has 2 nitrogen and oxygen atoms in total. The van der Waals surface area contributed by atoms with Gasteiger partial charge in [0.1, 0.15) is 0 Å². The van der Waals surface area contributed by atoms with E-state index in [-0.39, 0.29) is 0 Å². The van der Waals surface area contributed by atoms with Crippen LogP contribution in [0.4, 0.5) is 0 Å². The summed E-state index contributed by atoms with van der Waals surface area (Å²) in [6.07, 6.45) is 3.30. The van der Waals surface area contributed by atoms with E-state index in [2.05, 4.69) is 36.9 Å². The van der Waals surface area contributed by atoms with Gasteiger partial charge in [-0.25, -0.2) is 0 Å². The van der Waals surface area contributed by atoms with Gasteiger partial charge in [-0.3, -0.25) is 0 Å². The molecule has 0 aromatic rings. The Labute approximate surface area is 68.0 Å². The number of allylic oxidation sites excluding steroid dienone is 2. The third-order valence-electron chi connectivity index (χ3n) is 1.12. The summed E-state index contributed by atoms with van der Waals surface area (Å²) in [5.74, 6) is 0. The maximum Gasteiger partial charge on any atom is 0.0849 e. The molecule has 0 heterocycles. The minimum absolute atomic E-state index is 0.593. The third kappa shape index (κ3) is 5.03. The van der Waals surface area contributed by atoms with Crippen molar-refractivity contribution in [1.29, 1.82) is 0 Å². The van der Waals surface area contributed by atoms with Gasteiger partial charge >= 0.3 is 0 Å². The lowest BCUT2D eigenvalue weighted by Crippen LogP contribution is -2.25. The fraction of sp³-hybridized carbons (Fsp3) is 0.111. The molecule has 0 amide bonds. The predicted octanol–water partition coefficient (Wildman–Crippen LogP) is 1.52. The second-order valence-electron chi connectivity index (χ2n) is 1.99. The molecule has 0 fully saturated rings. The van der Waals surface area contributed by atoms with Crippen molar-refractivity contribution in [3.8, 4) is 0 Å². The van der Waals surface area contributed by atoms with E-state index in [0.717, 1.165) is 11.4 Å². The average Bonchev–Trinajstić information content (AvgIpc) is 2.04. The van der Waals surface area contributed by atoms with E-state index in [9.17, 15) is 0 Å². The third-order valence-corrected chi connectivity index (χ3v) is 1.12. The van der Waals surface area contributed by atoms with Gasteiger partial charge in [-0.2, -0.15) is 0 Å². The van der Waals surface area contributed by atoms with E-state index >= 15 is 0 Å². The molecule has 0 atom stereocenters. The smallest absolute Gasteiger partial charge is 0.0849 e. The van der Waals surface area contributed by atoms with Crippen molar-refractivity contribution in [2.45, 2.75) is 0 Å². The summed E-state index contributed by atoms with van der Waals surface area (Å²) in [5, 5.41) is 5.93. The topological polar surface area (TPSA) is 24.1 Å². The average molecular weight is 150 g/mol. The van der Waals surface area contributed by atoms with Gasteiger partial charge in [-0.1, -0.05) is 26.3 Å². The number of rotatable bonds is 6. The van der Waals surface area contributed by atoms with E-state index in [1.54, 1.807) is 12.2 Å². The van der Waals surface area contributed by atoms with Crippen LogP contribution in [0.2, 0.25) is 0 Å². The molecular weight excluding hydrogens is 136 g/mol. The van der Waals surface area contributed by atoms with Gasteiger partial charge < -0.3 is 10.6 Å². The van der Waals surface area contributed by atoms with Crippen molar-refractivity contribution in [2.75, 3.05) is 6.67 Å². The monoisotopic (exact) mass is 150 g/mol. The molecule has 0 aromatic carbocycles. The zero-order valence-electron chi connectivity index (χ0n) is 6.69. The molecule has 11 heavy (non-hydrogen) atoms. The first-order valence-corrected chi connectivity index (χ1v) is 3.31. The fourth-order valence-electron chi connectivity index (χ4n) is 0.416. The second-order valence-corrected chi connectivity index (χ2v) is 1.99. The van der Waals surface area contributed by atoms with Gasteiger partial charge in [0.25, 0.3) is 0 Å². The molecular formula is C9H14N2. The van der Waals surface area contributed by atoms with Crippen LogP contribution in [0.15, 0.2) is 49.9 Å². The molecule has 0 saturated heterocycles. The van der Waals surface area contributed by atoms with Gasteiger partial charge in [0.2, 0.25) is 0 Å². The van der Waals surface area contributed by atoms with E-state index in [4.69, 9.17) is 0 Å². The lowest BCUT2D eigenvalue weighted by molar-refractivity contribution is 0.733. The molecule has 0 aliphatic rings. The largest absolute Gasteiger partial charge is 0.368 e. The summed E-state index contributed by atoms with van der Waals surface area (Å²) in [6, 6.07) is 0. The molecule has 2 heteroatoms. The van der Waals surface area contributed by atoms with Gasteiger partial charge in [0.15, 0.2) is 0 Å².